The Labute approximate surface area is 117 Å². The van der Waals surface area contributed by atoms with Gasteiger partial charge in [-0.3, -0.25) is 5.10 Å². The standard InChI is InChI=1S/C13H20N6O/c1-3-5-14-13-16-11-10(7-15-18-11)12(17-13)19(2)9-4-6-20-8-9/h7,9H,3-6,8H2,1-2H3,(H2,14,15,16,17,18). The van der Waals surface area contributed by atoms with Crippen molar-refractivity contribution in [3.8, 4) is 0 Å². The van der Waals surface area contributed by atoms with Crippen LogP contribution in [0, 0.1) is 0 Å². The average molecular weight is 276 g/mol. The Morgan fingerprint density at radius 3 is 3.15 bits per heavy atom. The molecule has 1 aliphatic rings. The van der Waals surface area contributed by atoms with E-state index < -0.39 is 0 Å². The summed E-state index contributed by atoms with van der Waals surface area (Å²) in [5.41, 5.74) is 0.763. The summed E-state index contributed by atoms with van der Waals surface area (Å²) in [5, 5.41) is 11.2. The van der Waals surface area contributed by atoms with E-state index in [0.717, 1.165) is 49.5 Å². The summed E-state index contributed by atoms with van der Waals surface area (Å²) in [7, 11) is 2.05. The van der Waals surface area contributed by atoms with Gasteiger partial charge in [0.2, 0.25) is 5.95 Å². The first-order valence-electron chi connectivity index (χ1n) is 7.05. The monoisotopic (exact) mass is 276 g/mol. The van der Waals surface area contributed by atoms with Gasteiger partial charge in [-0.2, -0.15) is 15.1 Å². The van der Waals surface area contributed by atoms with Gasteiger partial charge in [0.15, 0.2) is 5.65 Å². The maximum absolute atomic E-state index is 5.46. The molecular formula is C13H20N6O. The predicted octanol–water partition coefficient (Wildman–Crippen LogP) is 1.40. The number of H-pyrrole nitrogens is 1. The molecule has 1 fully saturated rings. The number of aromatic nitrogens is 4. The molecule has 0 aromatic carbocycles. The molecule has 1 unspecified atom stereocenters. The van der Waals surface area contributed by atoms with Crippen molar-refractivity contribution in [1.29, 1.82) is 0 Å². The van der Waals surface area contributed by atoms with Crippen LogP contribution in [0.3, 0.4) is 0 Å². The Hall–Kier alpha value is -1.89. The van der Waals surface area contributed by atoms with Gasteiger partial charge in [-0.1, -0.05) is 6.92 Å². The first-order valence-corrected chi connectivity index (χ1v) is 7.05. The molecular weight excluding hydrogens is 256 g/mol. The number of hydrogen-bond donors (Lipinski definition) is 2. The van der Waals surface area contributed by atoms with E-state index in [4.69, 9.17) is 4.74 Å². The van der Waals surface area contributed by atoms with Crippen molar-refractivity contribution in [2.75, 3.05) is 37.0 Å². The molecule has 1 atom stereocenters. The van der Waals surface area contributed by atoms with Gasteiger partial charge in [-0.25, -0.2) is 0 Å². The van der Waals surface area contributed by atoms with Crippen molar-refractivity contribution in [3.05, 3.63) is 6.20 Å². The summed E-state index contributed by atoms with van der Waals surface area (Å²) in [5.74, 6) is 1.54. The lowest BCUT2D eigenvalue weighted by atomic mass is 10.2. The first-order chi connectivity index (χ1) is 9.79. The zero-order valence-corrected chi connectivity index (χ0v) is 11.9. The summed E-state index contributed by atoms with van der Waals surface area (Å²) in [4.78, 5) is 11.3. The Balaban J connectivity index is 1.96. The van der Waals surface area contributed by atoms with Crippen LogP contribution in [-0.4, -0.2) is 53.0 Å². The molecule has 1 aliphatic heterocycles. The lowest BCUT2D eigenvalue weighted by Crippen LogP contribution is -2.32. The second kappa shape index (κ2) is 5.62. The molecule has 0 aliphatic carbocycles. The van der Waals surface area contributed by atoms with E-state index in [0.29, 0.717) is 12.0 Å². The van der Waals surface area contributed by atoms with Gasteiger partial charge in [-0.15, -0.1) is 0 Å². The fraction of sp³-hybridized carbons (Fsp3) is 0.615. The molecule has 1 saturated heterocycles. The summed E-state index contributed by atoms with van der Waals surface area (Å²) in [6.07, 6.45) is 3.84. The third-order valence-electron chi connectivity index (χ3n) is 3.61. The van der Waals surface area contributed by atoms with Crippen LogP contribution in [0.4, 0.5) is 11.8 Å². The highest BCUT2D eigenvalue weighted by Crippen LogP contribution is 2.26. The lowest BCUT2D eigenvalue weighted by Gasteiger charge is -2.25. The molecule has 0 spiro atoms. The average Bonchev–Trinajstić information content (AvgIpc) is 3.13. The van der Waals surface area contributed by atoms with Crippen LogP contribution in [0.1, 0.15) is 19.8 Å². The van der Waals surface area contributed by atoms with Crippen LogP contribution in [0.15, 0.2) is 6.20 Å². The molecule has 2 aromatic rings. The summed E-state index contributed by atoms with van der Waals surface area (Å²) < 4.78 is 5.46. The van der Waals surface area contributed by atoms with Gasteiger partial charge in [0.05, 0.1) is 24.2 Å². The zero-order chi connectivity index (χ0) is 13.9. The van der Waals surface area contributed by atoms with Gasteiger partial charge in [0, 0.05) is 20.2 Å². The maximum atomic E-state index is 5.46. The molecule has 3 rings (SSSR count). The minimum Gasteiger partial charge on any atom is -0.379 e. The molecule has 2 aromatic heterocycles. The highest BCUT2D eigenvalue weighted by molar-refractivity contribution is 5.87. The number of hydrogen-bond acceptors (Lipinski definition) is 6. The second-order valence-corrected chi connectivity index (χ2v) is 5.06. The number of likely N-dealkylation sites (N-methyl/N-ethyl adjacent to an activating group) is 1. The minimum atomic E-state index is 0.363. The van der Waals surface area contributed by atoms with Crippen molar-refractivity contribution >= 4 is 22.8 Å². The van der Waals surface area contributed by atoms with Crippen LogP contribution < -0.4 is 10.2 Å². The lowest BCUT2D eigenvalue weighted by molar-refractivity contribution is 0.193. The van der Waals surface area contributed by atoms with Crippen LogP contribution in [0.25, 0.3) is 11.0 Å². The van der Waals surface area contributed by atoms with Gasteiger partial charge in [0.25, 0.3) is 0 Å². The number of fused-ring (bicyclic) bond motifs is 1. The number of rotatable bonds is 5. The van der Waals surface area contributed by atoms with E-state index in [-0.39, 0.29) is 0 Å². The predicted molar refractivity (Wildman–Crippen MR) is 78.1 cm³/mol. The Morgan fingerprint density at radius 2 is 2.40 bits per heavy atom. The normalized spacial score (nSPS) is 18.6. The Bertz CT molecular complexity index is 577. The van der Waals surface area contributed by atoms with Crippen molar-refractivity contribution in [2.24, 2.45) is 0 Å². The van der Waals surface area contributed by atoms with Gasteiger partial charge < -0.3 is 15.0 Å². The van der Waals surface area contributed by atoms with Crippen molar-refractivity contribution in [2.45, 2.75) is 25.8 Å². The van der Waals surface area contributed by atoms with Gasteiger partial charge in [-0.05, 0) is 12.8 Å². The highest BCUT2D eigenvalue weighted by atomic mass is 16.5. The van der Waals surface area contributed by atoms with Crippen LogP contribution in [0.2, 0.25) is 0 Å². The number of aromatic amines is 1. The molecule has 20 heavy (non-hydrogen) atoms. The van der Waals surface area contributed by atoms with Gasteiger partial charge in [0.1, 0.15) is 5.82 Å². The quantitative estimate of drug-likeness (QED) is 0.859. The molecule has 2 N–H and O–H groups in total. The Morgan fingerprint density at radius 1 is 1.50 bits per heavy atom. The van der Waals surface area contributed by atoms with E-state index >= 15 is 0 Å². The summed E-state index contributed by atoms with van der Waals surface area (Å²) in [6.45, 7) is 4.53. The molecule has 7 nitrogen and oxygen atoms in total. The van der Waals surface area contributed by atoms with E-state index in [1.54, 1.807) is 6.20 Å². The minimum absolute atomic E-state index is 0.363. The van der Waals surface area contributed by atoms with Crippen LogP contribution in [-0.2, 0) is 4.74 Å². The molecule has 7 heteroatoms. The largest absolute Gasteiger partial charge is 0.379 e. The van der Waals surface area contributed by atoms with Crippen molar-refractivity contribution in [1.82, 2.24) is 20.2 Å². The van der Waals surface area contributed by atoms with E-state index in [2.05, 4.69) is 44.4 Å². The fourth-order valence-electron chi connectivity index (χ4n) is 2.40. The molecule has 0 saturated carbocycles. The van der Waals surface area contributed by atoms with E-state index in [1.165, 1.54) is 0 Å². The van der Waals surface area contributed by atoms with Gasteiger partial charge >= 0.3 is 0 Å². The molecule has 108 valence electrons. The fourth-order valence-corrected chi connectivity index (χ4v) is 2.40. The molecule has 0 amide bonds. The number of anilines is 2. The smallest absolute Gasteiger partial charge is 0.226 e. The molecule has 0 radical (unpaired) electrons. The number of nitrogens with one attached hydrogen (secondary N) is 2. The SMILES string of the molecule is CCCNc1nc(N(C)C2CCOC2)c2cn[nH]c2n1. The van der Waals surface area contributed by atoms with Crippen molar-refractivity contribution < 1.29 is 4.74 Å². The summed E-state index contributed by atoms with van der Waals surface area (Å²) >= 11 is 0. The second-order valence-electron chi connectivity index (χ2n) is 5.06. The highest BCUT2D eigenvalue weighted by Gasteiger charge is 2.24. The summed E-state index contributed by atoms with van der Waals surface area (Å²) in [6, 6.07) is 0.363. The molecule has 0 bridgehead atoms. The number of ether oxygens (including phenoxy) is 1. The molecule has 3 heterocycles. The van der Waals surface area contributed by atoms with Crippen molar-refractivity contribution in [3.63, 3.8) is 0 Å². The topological polar surface area (TPSA) is 79.0 Å². The van der Waals surface area contributed by atoms with E-state index in [1.807, 2.05) is 0 Å². The zero-order valence-electron chi connectivity index (χ0n) is 11.9. The van der Waals surface area contributed by atoms with Crippen LogP contribution in [0.5, 0.6) is 0 Å². The third kappa shape index (κ3) is 2.40. The Kier molecular flexibility index (Phi) is 3.68. The third-order valence-corrected chi connectivity index (χ3v) is 3.61. The number of nitrogens with zero attached hydrogens (tertiary/aromatic N) is 4. The van der Waals surface area contributed by atoms with Crippen LogP contribution >= 0.6 is 0 Å². The maximum Gasteiger partial charge on any atom is 0.226 e. The van der Waals surface area contributed by atoms with E-state index in [9.17, 15) is 0 Å². The first kappa shape index (κ1) is 13.1.